The molecule has 0 atom stereocenters. The molecule has 0 aliphatic carbocycles. The van der Waals surface area contributed by atoms with E-state index in [0.717, 1.165) is 0 Å². The zero-order valence-corrected chi connectivity index (χ0v) is 2.80. The van der Waals surface area contributed by atoms with E-state index in [4.69, 9.17) is 15.0 Å². The van der Waals surface area contributed by atoms with Crippen LogP contribution in [-0.2, 0) is 0 Å². The fourth-order valence-electron chi connectivity index (χ4n) is 0. The normalized spacial score (nSPS) is 4.80. The third-order valence-corrected chi connectivity index (χ3v) is 0. The molecule has 0 rings (SSSR count). The Hall–Kier alpha value is -0.133. The van der Waals surface area contributed by atoms with Crippen LogP contribution in [0.4, 0.5) is 4.79 Å². The summed E-state index contributed by atoms with van der Waals surface area (Å²) in [5, 5.41) is 13.9. The number of carbonyl (C=O) groups is 1. The molecule has 0 amide bonds. The smallest absolute Gasteiger partial charge is 0.450 e. The van der Waals surface area contributed by atoms with Crippen molar-refractivity contribution in [1.82, 2.24) is 0 Å². The van der Waals surface area contributed by atoms with E-state index < -0.39 is 6.16 Å². The average molecular weight is 71.0 g/mol. The SMILES string of the molecule is O=C(O)O.[HH].[Li]. The van der Waals surface area contributed by atoms with Crippen molar-refractivity contribution in [2.24, 2.45) is 0 Å². The zero-order chi connectivity index (χ0) is 3.58. The second-order valence-electron chi connectivity index (χ2n) is 0.283. The number of hydrogen-bond donors (Lipinski definition) is 2. The first kappa shape index (κ1) is 8.85. The van der Waals surface area contributed by atoms with Crippen LogP contribution in [0, 0.1) is 0 Å². The Kier molecular flexibility index (Phi) is 6.85. The molecule has 0 fully saturated rings. The van der Waals surface area contributed by atoms with Crippen molar-refractivity contribution in [3.05, 3.63) is 0 Å². The van der Waals surface area contributed by atoms with Crippen molar-refractivity contribution < 1.29 is 16.4 Å². The standard InChI is InChI=1S/CH2O3.Li.H2/c2-1(3)4;;/h(H2,2,3,4);;1H. The molecule has 0 aromatic carbocycles. The van der Waals surface area contributed by atoms with Crippen LogP contribution >= 0.6 is 0 Å². The maximum Gasteiger partial charge on any atom is 0.503 e. The molecular formula is CH4LiO3. The van der Waals surface area contributed by atoms with Gasteiger partial charge in [-0.2, -0.15) is 0 Å². The molecule has 0 unspecified atom stereocenters. The molecule has 0 saturated heterocycles. The minimum absolute atomic E-state index is 0. The fraction of sp³-hybridized carbons (Fsp3) is 0. The quantitative estimate of drug-likeness (QED) is 0.398. The molecule has 3 nitrogen and oxygen atoms in total. The maximum atomic E-state index is 8.56. The first-order valence-corrected chi connectivity index (χ1v) is 0.651. The van der Waals surface area contributed by atoms with Crippen molar-refractivity contribution in [2.75, 3.05) is 0 Å². The van der Waals surface area contributed by atoms with E-state index in [1.807, 2.05) is 0 Å². The molecule has 1 radical (unpaired) electrons. The van der Waals surface area contributed by atoms with Gasteiger partial charge in [0.25, 0.3) is 0 Å². The van der Waals surface area contributed by atoms with Crippen molar-refractivity contribution >= 4 is 25.0 Å². The fourth-order valence-corrected chi connectivity index (χ4v) is 0. The molecule has 0 aliphatic rings. The molecule has 0 bridgehead atoms. The van der Waals surface area contributed by atoms with E-state index in [9.17, 15) is 0 Å². The molecule has 0 spiro atoms. The van der Waals surface area contributed by atoms with Gasteiger partial charge in [0.15, 0.2) is 0 Å². The third kappa shape index (κ3) is 767. The molecule has 0 aromatic heterocycles. The predicted octanol–water partition coefficient (Wildman–Crippen LogP) is 0.0876. The van der Waals surface area contributed by atoms with Gasteiger partial charge in [0.2, 0.25) is 0 Å². The largest absolute Gasteiger partial charge is 0.503 e. The summed E-state index contributed by atoms with van der Waals surface area (Å²) in [5.74, 6) is 0. The molecule has 2 N–H and O–H groups in total. The van der Waals surface area contributed by atoms with Crippen LogP contribution < -0.4 is 0 Å². The van der Waals surface area contributed by atoms with E-state index in [2.05, 4.69) is 0 Å². The van der Waals surface area contributed by atoms with Crippen molar-refractivity contribution in [3.8, 4) is 0 Å². The Bertz CT molecular complexity index is 33.8. The Morgan fingerprint density at radius 3 is 1.60 bits per heavy atom. The third-order valence-electron chi connectivity index (χ3n) is 0. The van der Waals surface area contributed by atoms with Crippen LogP contribution in [0.2, 0.25) is 0 Å². The second kappa shape index (κ2) is 3.87. The van der Waals surface area contributed by atoms with Gasteiger partial charge in [0.05, 0.1) is 0 Å². The summed E-state index contributed by atoms with van der Waals surface area (Å²) >= 11 is 0. The predicted molar refractivity (Wildman–Crippen MR) is 18.5 cm³/mol. The van der Waals surface area contributed by atoms with E-state index in [1.54, 1.807) is 0 Å². The second-order valence-corrected chi connectivity index (χ2v) is 0.283. The van der Waals surface area contributed by atoms with Crippen LogP contribution in [-0.4, -0.2) is 35.2 Å². The number of carboxylic acid groups (broad SMARTS) is 2. The van der Waals surface area contributed by atoms with Crippen molar-refractivity contribution in [2.45, 2.75) is 0 Å². The van der Waals surface area contributed by atoms with Gasteiger partial charge in [0, 0.05) is 20.3 Å². The Balaban J connectivity index is -0.0000000450. The molecule has 0 aromatic rings. The zero-order valence-electron chi connectivity index (χ0n) is 2.80. The van der Waals surface area contributed by atoms with Crippen LogP contribution in [0.3, 0.4) is 0 Å². The maximum absolute atomic E-state index is 8.56. The molecule has 5 heavy (non-hydrogen) atoms. The minimum Gasteiger partial charge on any atom is -0.450 e. The minimum atomic E-state index is -1.83. The number of rotatable bonds is 0. The number of hydrogen-bond acceptors (Lipinski definition) is 1. The summed E-state index contributed by atoms with van der Waals surface area (Å²) in [6.45, 7) is 0. The summed E-state index contributed by atoms with van der Waals surface area (Å²) in [4.78, 5) is 8.56. The van der Waals surface area contributed by atoms with E-state index in [0.29, 0.717) is 0 Å². The average Bonchev–Trinajstić information content (AvgIpc) is 0.811. The molecular weight excluding hydrogens is 66.9 g/mol. The molecule has 0 aliphatic heterocycles. The topological polar surface area (TPSA) is 57.5 Å². The monoisotopic (exact) mass is 71.0 g/mol. The van der Waals surface area contributed by atoms with Gasteiger partial charge in [-0.3, -0.25) is 0 Å². The van der Waals surface area contributed by atoms with Gasteiger partial charge in [-0.15, -0.1) is 0 Å². The van der Waals surface area contributed by atoms with Gasteiger partial charge in [0.1, 0.15) is 0 Å². The van der Waals surface area contributed by atoms with Crippen LogP contribution in [0.1, 0.15) is 1.43 Å². The van der Waals surface area contributed by atoms with E-state index in [-0.39, 0.29) is 20.3 Å². The van der Waals surface area contributed by atoms with Gasteiger partial charge < -0.3 is 10.2 Å². The summed E-state index contributed by atoms with van der Waals surface area (Å²) in [6.07, 6.45) is -1.83. The van der Waals surface area contributed by atoms with Crippen molar-refractivity contribution in [3.63, 3.8) is 0 Å². The van der Waals surface area contributed by atoms with Crippen LogP contribution in [0.15, 0.2) is 0 Å². The molecule has 4 heteroatoms. The summed E-state index contributed by atoms with van der Waals surface area (Å²) in [5.41, 5.74) is 0. The van der Waals surface area contributed by atoms with E-state index >= 15 is 0 Å². The van der Waals surface area contributed by atoms with Gasteiger partial charge >= 0.3 is 6.16 Å². The summed E-state index contributed by atoms with van der Waals surface area (Å²) < 4.78 is 0. The Morgan fingerprint density at radius 2 is 1.60 bits per heavy atom. The van der Waals surface area contributed by atoms with Gasteiger partial charge in [-0.05, 0) is 0 Å². The molecule has 27 valence electrons. The molecule has 0 saturated carbocycles. The summed E-state index contributed by atoms with van der Waals surface area (Å²) in [7, 11) is 0. The van der Waals surface area contributed by atoms with Crippen molar-refractivity contribution in [1.29, 1.82) is 0 Å². The van der Waals surface area contributed by atoms with Gasteiger partial charge in [-0.25, -0.2) is 4.79 Å². The van der Waals surface area contributed by atoms with Gasteiger partial charge in [-0.1, -0.05) is 0 Å². The first-order valence-electron chi connectivity index (χ1n) is 0.651. The first-order chi connectivity index (χ1) is 1.73. The van der Waals surface area contributed by atoms with Crippen LogP contribution in [0.25, 0.3) is 0 Å². The van der Waals surface area contributed by atoms with Crippen LogP contribution in [0.5, 0.6) is 0 Å². The Morgan fingerprint density at radius 1 is 1.60 bits per heavy atom. The Labute approximate surface area is 42.3 Å². The summed E-state index contributed by atoms with van der Waals surface area (Å²) in [6, 6.07) is 0. The van der Waals surface area contributed by atoms with E-state index in [1.165, 1.54) is 0 Å². The molecule has 0 heterocycles.